The van der Waals surface area contributed by atoms with Crippen molar-refractivity contribution in [3.8, 4) is 0 Å². The molecule has 0 aliphatic heterocycles. The molecule has 0 bridgehead atoms. The Kier molecular flexibility index (Phi) is 2.72. The van der Waals surface area contributed by atoms with Crippen molar-refractivity contribution < 1.29 is 4.79 Å². The first-order valence-electron chi connectivity index (χ1n) is 5.91. The summed E-state index contributed by atoms with van der Waals surface area (Å²) in [6.07, 6.45) is 0. The van der Waals surface area contributed by atoms with Gasteiger partial charge in [-0.3, -0.25) is 4.79 Å². The zero-order chi connectivity index (χ0) is 13.2. The van der Waals surface area contributed by atoms with Crippen LogP contribution in [-0.2, 0) is 6.54 Å². The van der Waals surface area contributed by atoms with Crippen LogP contribution in [-0.4, -0.2) is 20.9 Å². The highest BCUT2D eigenvalue weighted by molar-refractivity contribution is 6.03. The molecule has 0 atom stereocenters. The van der Waals surface area contributed by atoms with Crippen molar-refractivity contribution >= 4 is 16.9 Å². The summed E-state index contributed by atoms with van der Waals surface area (Å²) in [5.41, 5.74) is 8.05. The number of hydrogen-bond donors (Lipinski definition) is 1. The molecule has 1 heterocycles. The molecule has 0 saturated heterocycles. The average Bonchev–Trinajstić information content (AvgIpc) is 2.81. The van der Waals surface area contributed by atoms with Gasteiger partial charge in [0.05, 0.1) is 12.1 Å². The van der Waals surface area contributed by atoms with Crippen LogP contribution in [0, 0.1) is 0 Å². The number of hydrogen-bond acceptors (Lipinski definition) is 3. The predicted octanol–water partition coefficient (Wildman–Crippen LogP) is 1.58. The number of fused-ring (bicyclic) bond motifs is 1. The van der Waals surface area contributed by atoms with Crippen molar-refractivity contribution in [1.82, 2.24) is 15.0 Å². The van der Waals surface area contributed by atoms with Crippen LogP contribution in [0.2, 0.25) is 0 Å². The Morgan fingerprint density at radius 1 is 1.05 bits per heavy atom. The molecule has 0 spiro atoms. The Hall–Kier alpha value is -2.69. The summed E-state index contributed by atoms with van der Waals surface area (Å²) in [6, 6.07) is 15.1. The third-order valence-corrected chi connectivity index (χ3v) is 2.89. The molecule has 19 heavy (non-hydrogen) atoms. The fourth-order valence-electron chi connectivity index (χ4n) is 2.00. The number of primary amides is 1. The molecule has 0 unspecified atom stereocenters. The second kappa shape index (κ2) is 4.53. The Balaban J connectivity index is 2.03. The van der Waals surface area contributed by atoms with Crippen molar-refractivity contribution in [2.45, 2.75) is 6.54 Å². The third-order valence-electron chi connectivity index (χ3n) is 2.89. The number of amides is 1. The van der Waals surface area contributed by atoms with Gasteiger partial charge in [-0.1, -0.05) is 36.4 Å². The molecule has 0 saturated carbocycles. The first kappa shape index (κ1) is 11.4. The lowest BCUT2D eigenvalue weighted by atomic mass is 10.2. The number of carbonyl (C=O) groups is 1. The summed E-state index contributed by atoms with van der Waals surface area (Å²) in [4.78, 5) is 12.9. The normalized spacial score (nSPS) is 10.7. The monoisotopic (exact) mass is 252 g/mol. The molecule has 0 aliphatic carbocycles. The molecule has 3 rings (SSSR count). The quantitative estimate of drug-likeness (QED) is 0.769. The van der Waals surface area contributed by atoms with Gasteiger partial charge in [0.2, 0.25) is 0 Å². The lowest BCUT2D eigenvalue weighted by molar-refractivity contribution is 0.100. The summed E-state index contributed by atoms with van der Waals surface area (Å²) in [5.74, 6) is -0.489. The highest BCUT2D eigenvalue weighted by atomic mass is 16.1. The van der Waals surface area contributed by atoms with Gasteiger partial charge in [0.15, 0.2) is 0 Å². The molecule has 3 aromatic rings. The Morgan fingerprint density at radius 2 is 1.84 bits per heavy atom. The molecule has 5 nitrogen and oxygen atoms in total. The van der Waals surface area contributed by atoms with Gasteiger partial charge < -0.3 is 5.73 Å². The molecular weight excluding hydrogens is 240 g/mol. The first-order chi connectivity index (χ1) is 9.24. The van der Waals surface area contributed by atoms with Crippen LogP contribution in [0.5, 0.6) is 0 Å². The van der Waals surface area contributed by atoms with Crippen molar-refractivity contribution in [3.05, 3.63) is 59.7 Å². The van der Waals surface area contributed by atoms with Gasteiger partial charge in [-0.15, -0.1) is 0 Å². The minimum Gasteiger partial charge on any atom is -0.366 e. The Morgan fingerprint density at radius 3 is 2.58 bits per heavy atom. The summed E-state index contributed by atoms with van der Waals surface area (Å²) >= 11 is 0. The molecule has 1 aromatic heterocycles. The van der Waals surface area contributed by atoms with Crippen LogP contribution in [0.3, 0.4) is 0 Å². The first-order valence-corrected chi connectivity index (χ1v) is 5.91. The molecule has 0 aliphatic rings. The maximum absolute atomic E-state index is 11.3. The van der Waals surface area contributed by atoms with E-state index in [-0.39, 0.29) is 0 Å². The molecule has 94 valence electrons. The number of benzene rings is 2. The van der Waals surface area contributed by atoms with Crippen molar-refractivity contribution in [1.29, 1.82) is 0 Å². The lowest BCUT2D eigenvalue weighted by Gasteiger charge is -1.98. The molecule has 0 fully saturated rings. The van der Waals surface area contributed by atoms with Crippen LogP contribution in [0.15, 0.2) is 48.5 Å². The van der Waals surface area contributed by atoms with Crippen molar-refractivity contribution in [2.24, 2.45) is 5.73 Å². The van der Waals surface area contributed by atoms with Gasteiger partial charge in [0, 0.05) is 0 Å². The van der Waals surface area contributed by atoms with E-state index in [0.717, 1.165) is 5.56 Å². The van der Waals surface area contributed by atoms with Gasteiger partial charge >= 0.3 is 0 Å². The van der Waals surface area contributed by atoms with E-state index < -0.39 is 5.91 Å². The average molecular weight is 252 g/mol. The number of nitrogens with zero attached hydrogens (tertiary/aromatic N) is 3. The van der Waals surface area contributed by atoms with E-state index in [9.17, 15) is 4.79 Å². The minimum atomic E-state index is -0.489. The SMILES string of the molecule is NC(=O)c1cccc2nn(Cc3ccccc3)nc12. The number of nitrogens with two attached hydrogens (primary N) is 1. The second-order valence-corrected chi connectivity index (χ2v) is 4.25. The van der Waals surface area contributed by atoms with Crippen LogP contribution in [0.1, 0.15) is 15.9 Å². The van der Waals surface area contributed by atoms with E-state index in [4.69, 9.17) is 5.73 Å². The highest BCUT2D eigenvalue weighted by Crippen LogP contribution is 2.14. The van der Waals surface area contributed by atoms with Gasteiger partial charge in [0.25, 0.3) is 5.91 Å². The second-order valence-electron chi connectivity index (χ2n) is 4.25. The van der Waals surface area contributed by atoms with Crippen LogP contribution < -0.4 is 5.73 Å². The Bertz CT molecular complexity index is 734. The van der Waals surface area contributed by atoms with Crippen LogP contribution >= 0.6 is 0 Å². The summed E-state index contributed by atoms with van der Waals surface area (Å²) in [6.45, 7) is 0.563. The molecule has 1 amide bonds. The summed E-state index contributed by atoms with van der Waals surface area (Å²) in [7, 11) is 0. The van der Waals surface area contributed by atoms with E-state index in [1.165, 1.54) is 0 Å². The number of rotatable bonds is 3. The van der Waals surface area contributed by atoms with Crippen molar-refractivity contribution in [2.75, 3.05) is 0 Å². The van der Waals surface area contributed by atoms with Gasteiger partial charge in [-0.2, -0.15) is 15.0 Å². The highest BCUT2D eigenvalue weighted by Gasteiger charge is 2.11. The van der Waals surface area contributed by atoms with E-state index in [2.05, 4.69) is 10.2 Å². The lowest BCUT2D eigenvalue weighted by Crippen LogP contribution is -2.11. The maximum Gasteiger partial charge on any atom is 0.251 e. The third kappa shape index (κ3) is 2.18. The zero-order valence-electron chi connectivity index (χ0n) is 10.2. The number of aromatic nitrogens is 3. The minimum absolute atomic E-state index is 0.400. The number of carbonyl (C=O) groups excluding carboxylic acids is 1. The Labute approximate surface area is 109 Å². The van der Waals surface area contributed by atoms with E-state index >= 15 is 0 Å². The van der Waals surface area contributed by atoms with E-state index in [1.54, 1.807) is 16.9 Å². The van der Waals surface area contributed by atoms with E-state index in [0.29, 0.717) is 23.1 Å². The molecule has 2 aromatic carbocycles. The van der Waals surface area contributed by atoms with Crippen LogP contribution in [0.25, 0.3) is 11.0 Å². The smallest absolute Gasteiger partial charge is 0.251 e. The van der Waals surface area contributed by atoms with Gasteiger partial charge in [0.1, 0.15) is 11.0 Å². The molecule has 2 N–H and O–H groups in total. The van der Waals surface area contributed by atoms with Crippen molar-refractivity contribution in [3.63, 3.8) is 0 Å². The molecular formula is C14H12N4O. The maximum atomic E-state index is 11.3. The topological polar surface area (TPSA) is 73.8 Å². The fraction of sp³-hybridized carbons (Fsp3) is 0.0714. The summed E-state index contributed by atoms with van der Waals surface area (Å²) < 4.78 is 0. The molecule has 5 heteroatoms. The fourth-order valence-corrected chi connectivity index (χ4v) is 2.00. The van der Waals surface area contributed by atoms with Gasteiger partial charge in [-0.05, 0) is 17.7 Å². The molecule has 0 radical (unpaired) electrons. The van der Waals surface area contributed by atoms with Gasteiger partial charge in [-0.25, -0.2) is 0 Å². The van der Waals surface area contributed by atoms with E-state index in [1.807, 2.05) is 36.4 Å². The summed E-state index contributed by atoms with van der Waals surface area (Å²) in [5, 5.41) is 8.68. The predicted molar refractivity (Wildman–Crippen MR) is 71.6 cm³/mol. The standard InChI is InChI=1S/C14H12N4O/c15-14(19)11-7-4-8-12-13(11)17-18(16-12)9-10-5-2-1-3-6-10/h1-8H,9H2,(H2,15,19). The zero-order valence-corrected chi connectivity index (χ0v) is 10.2. The largest absolute Gasteiger partial charge is 0.366 e. The van der Waals surface area contributed by atoms with Crippen LogP contribution in [0.4, 0.5) is 0 Å².